The van der Waals surface area contributed by atoms with Gasteiger partial charge in [0.25, 0.3) is 0 Å². The highest BCUT2D eigenvalue weighted by Gasteiger charge is 2.07. The first-order valence-electron chi connectivity index (χ1n) is 3.97. The second kappa shape index (κ2) is 3.84. The molecule has 0 saturated heterocycles. The van der Waals surface area contributed by atoms with Crippen LogP contribution in [0, 0.1) is 10.1 Å². The molecule has 5 nitrogen and oxygen atoms in total. The van der Waals surface area contributed by atoms with Crippen molar-refractivity contribution in [1.82, 2.24) is 9.78 Å². The smallest absolute Gasteiger partial charge is 0.246 e. The van der Waals surface area contributed by atoms with E-state index in [0.29, 0.717) is 6.42 Å². The molecule has 0 fully saturated rings. The average molecular weight is 181 g/mol. The second-order valence-corrected chi connectivity index (χ2v) is 2.69. The van der Waals surface area contributed by atoms with Crippen LogP contribution in [0.2, 0.25) is 0 Å². The Labute approximate surface area is 75.8 Å². The zero-order valence-electron chi connectivity index (χ0n) is 7.60. The van der Waals surface area contributed by atoms with Crippen LogP contribution in [-0.2, 0) is 7.05 Å². The van der Waals surface area contributed by atoms with Crippen LogP contribution in [0.5, 0.6) is 0 Å². The van der Waals surface area contributed by atoms with Crippen LogP contribution in [0.4, 0.5) is 0 Å². The Morgan fingerprint density at radius 3 is 2.92 bits per heavy atom. The predicted octanol–water partition coefficient (Wildman–Crippen LogP) is 1.45. The molecule has 0 atom stereocenters. The molecule has 0 aliphatic rings. The lowest BCUT2D eigenvalue weighted by molar-refractivity contribution is -0.425. The van der Waals surface area contributed by atoms with E-state index in [9.17, 15) is 10.1 Å². The number of allylic oxidation sites excluding steroid dienone is 1. The van der Waals surface area contributed by atoms with Crippen LogP contribution in [0.1, 0.15) is 18.9 Å². The molecule has 70 valence electrons. The van der Waals surface area contributed by atoms with Crippen molar-refractivity contribution < 1.29 is 4.92 Å². The van der Waals surface area contributed by atoms with Crippen molar-refractivity contribution in [3.63, 3.8) is 0 Å². The molecule has 1 aromatic heterocycles. The minimum Gasteiger partial charge on any atom is -0.275 e. The van der Waals surface area contributed by atoms with Crippen LogP contribution in [0.3, 0.4) is 0 Å². The molecule has 0 aliphatic heterocycles. The standard InChI is InChI=1S/C8H11N3O2/c1-3-8(11(12)13)4-7-5-9-10(2)6-7/h4-6H,3H2,1-2H3. The molecular formula is C8H11N3O2. The minimum atomic E-state index is -0.368. The first-order valence-corrected chi connectivity index (χ1v) is 3.97. The summed E-state index contributed by atoms with van der Waals surface area (Å²) in [5, 5.41) is 14.4. The topological polar surface area (TPSA) is 61.0 Å². The first kappa shape index (κ1) is 9.44. The SMILES string of the molecule is CCC(=Cc1cnn(C)c1)[N+](=O)[O-]. The van der Waals surface area contributed by atoms with Crippen LogP contribution >= 0.6 is 0 Å². The minimum absolute atomic E-state index is 0.202. The number of nitrogens with zero attached hydrogens (tertiary/aromatic N) is 3. The third-order valence-corrected chi connectivity index (χ3v) is 1.65. The number of aryl methyl sites for hydroxylation is 1. The third kappa shape index (κ3) is 2.40. The van der Waals surface area contributed by atoms with Crippen molar-refractivity contribution >= 4 is 6.08 Å². The van der Waals surface area contributed by atoms with Crippen LogP contribution in [0.25, 0.3) is 6.08 Å². The highest BCUT2D eigenvalue weighted by molar-refractivity contribution is 5.48. The molecule has 0 aromatic carbocycles. The quantitative estimate of drug-likeness (QED) is 0.523. The molecule has 5 heteroatoms. The summed E-state index contributed by atoms with van der Waals surface area (Å²) in [5.41, 5.74) is 0.962. The highest BCUT2D eigenvalue weighted by Crippen LogP contribution is 2.08. The summed E-state index contributed by atoms with van der Waals surface area (Å²) in [7, 11) is 1.77. The van der Waals surface area contributed by atoms with Gasteiger partial charge in [-0.2, -0.15) is 5.10 Å². The van der Waals surface area contributed by atoms with Crippen molar-refractivity contribution in [2.75, 3.05) is 0 Å². The fourth-order valence-electron chi connectivity index (χ4n) is 0.991. The normalized spacial score (nSPS) is 11.7. The van der Waals surface area contributed by atoms with Gasteiger partial charge in [-0.1, -0.05) is 6.92 Å². The predicted molar refractivity (Wildman–Crippen MR) is 48.5 cm³/mol. The van der Waals surface area contributed by atoms with Gasteiger partial charge in [0.05, 0.1) is 11.1 Å². The van der Waals surface area contributed by atoms with Crippen molar-refractivity contribution in [3.8, 4) is 0 Å². The van der Waals surface area contributed by atoms with E-state index in [-0.39, 0.29) is 10.6 Å². The lowest BCUT2D eigenvalue weighted by Crippen LogP contribution is -1.96. The van der Waals surface area contributed by atoms with Gasteiger partial charge in [0.15, 0.2) is 0 Å². The Hall–Kier alpha value is -1.65. The van der Waals surface area contributed by atoms with Gasteiger partial charge >= 0.3 is 0 Å². The van der Waals surface area contributed by atoms with Gasteiger partial charge < -0.3 is 0 Å². The van der Waals surface area contributed by atoms with E-state index in [2.05, 4.69) is 5.10 Å². The molecule has 0 saturated carbocycles. The van der Waals surface area contributed by atoms with E-state index in [4.69, 9.17) is 0 Å². The molecule has 0 amide bonds. The Morgan fingerprint density at radius 1 is 1.85 bits per heavy atom. The molecule has 1 rings (SSSR count). The lowest BCUT2D eigenvalue weighted by atomic mass is 10.2. The fraction of sp³-hybridized carbons (Fsp3) is 0.375. The monoisotopic (exact) mass is 181 g/mol. The highest BCUT2D eigenvalue weighted by atomic mass is 16.6. The number of hydrogen-bond donors (Lipinski definition) is 0. The van der Waals surface area contributed by atoms with Gasteiger partial charge in [-0.25, -0.2) is 0 Å². The van der Waals surface area contributed by atoms with E-state index in [1.54, 1.807) is 31.0 Å². The van der Waals surface area contributed by atoms with Crippen LogP contribution in [0.15, 0.2) is 18.1 Å². The molecule has 13 heavy (non-hydrogen) atoms. The summed E-state index contributed by atoms with van der Waals surface area (Å²) in [5.74, 6) is 0. The summed E-state index contributed by atoms with van der Waals surface area (Å²) in [4.78, 5) is 10.1. The van der Waals surface area contributed by atoms with Crippen molar-refractivity contribution in [3.05, 3.63) is 33.8 Å². The van der Waals surface area contributed by atoms with Gasteiger partial charge in [0.1, 0.15) is 0 Å². The molecule has 0 spiro atoms. The average Bonchev–Trinajstić information content (AvgIpc) is 2.46. The Balaban J connectivity index is 2.91. The third-order valence-electron chi connectivity index (χ3n) is 1.65. The van der Waals surface area contributed by atoms with E-state index in [0.717, 1.165) is 5.56 Å². The molecule has 0 N–H and O–H groups in total. The first-order chi connectivity index (χ1) is 6.13. The van der Waals surface area contributed by atoms with E-state index < -0.39 is 0 Å². The van der Waals surface area contributed by atoms with Gasteiger partial charge in [-0.15, -0.1) is 0 Å². The summed E-state index contributed by atoms with van der Waals surface area (Å²) in [6.07, 6.45) is 5.28. The molecule has 0 unspecified atom stereocenters. The summed E-state index contributed by atoms with van der Waals surface area (Å²) < 4.78 is 1.61. The zero-order chi connectivity index (χ0) is 9.84. The van der Waals surface area contributed by atoms with Crippen LogP contribution in [-0.4, -0.2) is 14.7 Å². The number of hydrogen-bond acceptors (Lipinski definition) is 3. The van der Waals surface area contributed by atoms with Gasteiger partial charge in [-0.05, 0) is 0 Å². The van der Waals surface area contributed by atoms with Crippen LogP contribution < -0.4 is 0 Å². The Bertz CT molecular complexity index is 341. The molecule has 1 heterocycles. The second-order valence-electron chi connectivity index (χ2n) is 2.69. The Kier molecular flexibility index (Phi) is 2.79. The molecule has 0 radical (unpaired) electrons. The van der Waals surface area contributed by atoms with Crippen molar-refractivity contribution in [2.45, 2.75) is 13.3 Å². The summed E-state index contributed by atoms with van der Waals surface area (Å²) in [6, 6.07) is 0. The maximum absolute atomic E-state index is 10.5. The maximum Gasteiger partial charge on any atom is 0.246 e. The lowest BCUT2D eigenvalue weighted by Gasteiger charge is -1.91. The van der Waals surface area contributed by atoms with E-state index >= 15 is 0 Å². The van der Waals surface area contributed by atoms with Gasteiger partial charge in [-0.3, -0.25) is 14.8 Å². The summed E-state index contributed by atoms with van der Waals surface area (Å²) >= 11 is 0. The zero-order valence-corrected chi connectivity index (χ0v) is 7.60. The Morgan fingerprint density at radius 2 is 2.54 bits per heavy atom. The van der Waals surface area contributed by atoms with Gasteiger partial charge in [0.2, 0.25) is 5.70 Å². The van der Waals surface area contributed by atoms with Crippen molar-refractivity contribution in [2.24, 2.45) is 7.05 Å². The number of nitro groups is 1. The number of aromatic nitrogens is 2. The molecular weight excluding hydrogens is 170 g/mol. The molecule has 0 bridgehead atoms. The van der Waals surface area contributed by atoms with Crippen molar-refractivity contribution in [1.29, 1.82) is 0 Å². The maximum atomic E-state index is 10.5. The van der Waals surface area contributed by atoms with Gasteiger partial charge in [0, 0.05) is 31.3 Å². The summed E-state index contributed by atoms with van der Waals surface area (Å²) in [6.45, 7) is 1.75. The number of rotatable bonds is 3. The molecule has 1 aromatic rings. The van der Waals surface area contributed by atoms with E-state index in [1.807, 2.05) is 0 Å². The fourth-order valence-corrected chi connectivity index (χ4v) is 0.991. The van der Waals surface area contributed by atoms with E-state index in [1.165, 1.54) is 6.08 Å². The molecule has 0 aliphatic carbocycles. The largest absolute Gasteiger partial charge is 0.275 e.